The van der Waals surface area contributed by atoms with E-state index in [1.54, 1.807) is 20.0 Å². The summed E-state index contributed by atoms with van der Waals surface area (Å²) < 4.78 is 13.5. The van der Waals surface area contributed by atoms with Crippen LogP contribution in [0.15, 0.2) is 23.2 Å². The smallest absolute Gasteiger partial charge is 0.193 e. The van der Waals surface area contributed by atoms with Crippen LogP contribution in [-0.2, 0) is 6.54 Å². The molecule has 3 nitrogen and oxygen atoms in total. The number of piperidine rings is 1. The fraction of sp³-hybridized carbons (Fsp3) is 0.562. The van der Waals surface area contributed by atoms with Crippen molar-refractivity contribution >= 4 is 29.9 Å². The Morgan fingerprint density at radius 1 is 1.38 bits per heavy atom. The summed E-state index contributed by atoms with van der Waals surface area (Å²) in [6, 6.07) is 5.36. The molecular weight excluding hydrogens is 380 g/mol. The third-order valence-corrected chi connectivity index (χ3v) is 3.98. The average Bonchev–Trinajstić information content (AvgIpc) is 2.45. The molecule has 5 heteroatoms. The van der Waals surface area contributed by atoms with Gasteiger partial charge in [0.1, 0.15) is 5.82 Å². The molecular formula is C16H25FIN3. The van der Waals surface area contributed by atoms with Gasteiger partial charge in [0.25, 0.3) is 0 Å². The lowest BCUT2D eigenvalue weighted by Crippen LogP contribution is -2.45. The normalized spacial score (nSPS) is 16.6. The van der Waals surface area contributed by atoms with Gasteiger partial charge in [0.15, 0.2) is 5.96 Å². The maximum atomic E-state index is 13.5. The van der Waals surface area contributed by atoms with Crippen LogP contribution in [0, 0.1) is 18.7 Å². The number of hydrogen-bond acceptors (Lipinski definition) is 1. The number of rotatable bonds is 2. The number of aliphatic imine (C=N–C) groups is 1. The first-order valence-corrected chi connectivity index (χ1v) is 7.30. The highest BCUT2D eigenvalue weighted by Crippen LogP contribution is 2.16. The predicted octanol–water partition coefficient (Wildman–Crippen LogP) is 3.56. The van der Waals surface area contributed by atoms with Crippen molar-refractivity contribution < 1.29 is 4.39 Å². The minimum atomic E-state index is -0.147. The van der Waals surface area contributed by atoms with Gasteiger partial charge in [-0.1, -0.05) is 19.1 Å². The summed E-state index contributed by atoms with van der Waals surface area (Å²) in [5.41, 5.74) is 1.63. The predicted molar refractivity (Wildman–Crippen MR) is 96.7 cm³/mol. The molecule has 1 aromatic rings. The quantitative estimate of drug-likeness (QED) is 0.463. The van der Waals surface area contributed by atoms with Gasteiger partial charge in [-0.2, -0.15) is 0 Å². The fourth-order valence-corrected chi connectivity index (χ4v) is 2.48. The minimum absolute atomic E-state index is 0. The molecule has 118 valence electrons. The Morgan fingerprint density at radius 2 is 2.05 bits per heavy atom. The first-order valence-electron chi connectivity index (χ1n) is 7.30. The molecule has 1 aromatic carbocycles. The van der Waals surface area contributed by atoms with Crippen molar-refractivity contribution in [2.45, 2.75) is 33.2 Å². The van der Waals surface area contributed by atoms with E-state index in [9.17, 15) is 4.39 Å². The molecule has 1 fully saturated rings. The van der Waals surface area contributed by atoms with Gasteiger partial charge < -0.3 is 10.2 Å². The van der Waals surface area contributed by atoms with Crippen molar-refractivity contribution in [3.8, 4) is 0 Å². The largest absolute Gasteiger partial charge is 0.352 e. The zero-order valence-corrected chi connectivity index (χ0v) is 15.4. The van der Waals surface area contributed by atoms with Crippen LogP contribution in [0.3, 0.4) is 0 Å². The topological polar surface area (TPSA) is 27.6 Å². The van der Waals surface area contributed by atoms with Gasteiger partial charge in [-0.3, -0.25) is 4.99 Å². The van der Waals surface area contributed by atoms with E-state index in [1.807, 2.05) is 12.1 Å². The van der Waals surface area contributed by atoms with Crippen LogP contribution in [0.5, 0.6) is 0 Å². The monoisotopic (exact) mass is 405 g/mol. The van der Waals surface area contributed by atoms with Crippen LogP contribution >= 0.6 is 24.0 Å². The fourth-order valence-electron chi connectivity index (χ4n) is 2.48. The lowest BCUT2D eigenvalue weighted by molar-refractivity contribution is 0.273. The van der Waals surface area contributed by atoms with E-state index in [1.165, 1.54) is 12.8 Å². The van der Waals surface area contributed by atoms with Gasteiger partial charge in [-0.05, 0) is 42.9 Å². The summed E-state index contributed by atoms with van der Waals surface area (Å²) in [6.07, 6.45) is 2.42. The molecule has 1 aliphatic rings. The summed E-state index contributed by atoms with van der Waals surface area (Å²) in [6.45, 7) is 6.77. The second-order valence-electron chi connectivity index (χ2n) is 5.65. The number of nitrogens with zero attached hydrogens (tertiary/aromatic N) is 2. The number of benzene rings is 1. The van der Waals surface area contributed by atoms with Crippen LogP contribution in [0.25, 0.3) is 0 Å². The summed E-state index contributed by atoms with van der Waals surface area (Å²) in [5, 5.41) is 3.33. The Bertz CT molecular complexity index is 482. The van der Waals surface area contributed by atoms with Gasteiger partial charge in [-0.15, -0.1) is 24.0 Å². The second-order valence-corrected chi connectivity index (χ2v) is 5.65. The van der Waals surface area contributed by atoms with Crippen LogP contribution in [0.4, 0.5) is 4.39 Å². The van der Waals surface area contributed by atoms with Crippen molar-refractivity contribution in [3.63, 3.8) is 0 Å². The van der Waals surface area contributed by atoms with Crippen LogP contribution < -0.4 is 5.32 Å². The summed E-state index contributed by atoms with van der Waals surface area (Å²) >= 11 is 0. The first-order chi connectivity index (χ1) is 9.60. The Kier molecular flexibility index (Phi) is 7.42. The van der Waals surface area contributed by atoms with Crippen LogP contribution in [0.1, 0.15) is 30.9 Å². The highest BCUT2D eigenvalue weighted by Gasteiger charge is 2.18. The zero-order valence-electron chi connectivity index (χ0n) is 13.0. The van der Waals surface area contributed by atoms with Crippen molar-refractivity contribution in [3.05, 3.63) is 35.1 Å². The van der Waals surface area contributed by atoms with E-state index in [0.717, 1.165) is 30.5 Å². The number of likely N-dealkylation sites (tertiary alicyclic amines) is 1. The molecule has 1 saturated heterocycles. The van der Waals surface area contributed by atoms with Gasteiger partial charge in [0.2, 0.25) is 0 Å². The van der Waals surface area contributed by atoms with Crippen molar-refractivity contribution in [1.29, 1.82) is 0 Å². The van der Waals surface area contributed by atoms with Crippen molar-refractivity contribution in [1.82, 2.24) is 10.2 Å². The molecule has 0 spiro atoms. The molecule has 0 amide bonds. The van der Waals surface area contributed by atoms with Gasteiger partial charge in [0, 0.05) is 26.7 Å². The third kappa shape index (κ3) is 5.13. The Morgan fingerprint density at radius 3 is 2.62 bits per heavy atom. The average molecular weight is 405 g/mol. The van der Waals surface area contributed by atoms with Crippen molar-refractivity contribution in [2.75, 3.05) is 20.1 Å². The molecule has 0 aliphatic carbocycles. The SMILES string of the molecule is CN=C(NCc1ccc(C)c(F)c1)N1CCC(C)CC1.I. The summed E-state index contributed by atoms with van der Waals surface area (Å²) in [4.78, 5) is 6.61. The van der Waals surface area contributed by atoms with E-state index < -0.39 is 0 Å². The molecule has 0 radical (unpaired) electrons. The molecule has 0 saturated carbocycles. The van der Waals surface area contributed by atoms with Gasteiger partial charge in [0.05, 0.1) is 0 Å². The van der Waals surface area contributed by atoms with E-state index in [4.69, 9.17) is 0 Å². The Labute approximate surface area is 144 Å². The highest BCUT2D eigenvalue weighted by molar-refractivity contribution is 14.0. The van der Waals surface area contributed by atoms with Gasteiger partial charge in [-0.25, -0.2) is 4.39 Å². The molecule has 1 N–H and O–H groups in total. The Balaban J connectivity index is 0.00000220. The number of halogens is 2. The van der Waals surface area contributed by atoms with E-state index >= 15 is 0 Å². The summed E-state index contributed by atoms with van der Waals surface area (Å²) in [5.74, 6) is 1.57. The third-order valence-electron chi connectivity index (χ3n) is 3.98. The van der Waals surface area contributed by atoms with Crippen molar-refractivity contribution in [2.24, 2.45) is 10.9 Å². The lowest BCUT2D eigenvalue weighted by Gasteiger charge is -2.32. The number of hydrogen-bond donors (Lipinski definition) is 1. The highest BCUT2D eigenvalue weighted by atomic mass is 127. The second kappa shape index (κ2) is 8.56. The van der Waals surface area contributed by atoms with Crippen LogP contribution in [-0.4, -0.2) is 31.0 Å². The van der Waals surface area contributed by atoms with Gasteiger partial charge >= 0.3 is 0 Å². The molecule has 1 heterocycles. The molecule has 0 unspecified atom stereocenters. The standard InChI is InChI=1S/C16H24FN3.HI/c1-12-6-8-20(9-7-12)16(18-3)19-11-14-5-4-13(2)15(17)10-14;/h4-5,10,12H,6-9,11H2,1-3H3,(H,18,19);1H. The molecule has 1 aliphatic heterocycles. The number of nitrogens with one attached hydrogen (secondary N) is 1. The minimum Gasteiger partial charge on any atom is -0.352 e. The number of aryl methyl sites for hydroxylation is 1. The van der Waals surface area contributed by atoms with E-state index in [-0.39, 0.29) is 29.8 Å². The number of guanidine groups is 1. The summed E-state index contributed by atoms with van der Waals surface area (Å²) in [7, 11) is 1.80. The lowest BCUT2D eigenvalue weighted by atomic mass is 9.99. The molecule has 0 aromatic heterocycles. The maximum absolute atomic E-state index is 13.5. The van der Waals surface area contributed by atoms with E-state index in [0.29, 0.717) is 12.1 Å². The maximum Gasteiger partial charge on any atom is 0.193 e. The molecule has 2 rings (SSSR count). The molecule has 0 bridgehead atoms. The molecule has 21 heavy (non-hydrogen) atoms. The Hall–Kier alpha value is -0.850. The molecule has 0 atom stereocenters. The van der Waals surface area contributed by atoms with Crippen LogP contribution in [0.2, 0.25) is 0 Å². The van der Waals surface area contributed by atoms with E-state index in [2.05, 4.69) is 22.1 Å². The first kappa shape index (κ1) is 18.2. The zero-order chi connectivity index (χ0) is 14.5.